The lowest BCUT2D eigenvalue weighted by molar-refractivity contribution is -0.116. The minimum absolute atomic E-state index is 0.0331. The van der Waals surface area contributed by atoms with Crippen molar-refractivity contribution in [1.82, 2.24) is 9.55 Å². The highest BCUT2D eigenvalue weighted by Gasteiger charge is 2.45. The number of nitrogens with one attached hydrogen (secondary N) is 1. The molecule has 8 nitrogen and oxygen atoms in total. The van der Waals surface area contributed by atoms with Gasteiger partial charge in [-0.15, -0.1) is 0 Å². The first-order valence-corrected chi connectivity index (χ1v) is 10.7. The highest BCUT2D eigenvalue weighted by Crippen LogP contribution is 2.37. The third-order valence-corrected chi connectivity index (χ3v) is 5.62. The Kier molecular flexibility index (Phi) is 6.08. The number of unbranched alkanes of at least 4 members (excludes halogenated alkanes) is 1. The number of Topliss-reactive ketones (excluding diaryl/α,β-unsaturated/α-hetero) is 1. The number of carbonyl (C=O) groups is 2. The third kappa shape index (κ3) is 4.03. The van der Waals surface area contributed by atoms with Crippen molar-refractivity contribution in [3.8, 4) is 5.88 Å². The number of hydrogen-bond donors (Lipinski definition) is 2. The zero-order valence-corrected chi connectivity index (χ0v) is 18.0. The number of H-pyrrole nitrogens is 1. The monoisotopic (exact) mass is 445 g/mol. The summed E-state index contributed by atoms with van der Waals surface area (Å²) < 4.78 is 0.758. The SMILES string of the molecule is CCCCc1c(O)n(C=C2C(=O)C(c3ccccc3)N(c3ccccc3)C2=O)c(=O)[nH]c1=O. The minimum atomic E-state index is -0.930. The van der Waals surface area contributed by atoms with Gasteiger partial charge in [0.05, 0.1) is 5.56 Å². The molecule has 0 radical (unpaired) electrons. The van der Waals surface area contributed by atoms with E-state index >= 15 is 0 Å². The maximum absolute atomic E-state index is 13.5. The standard InChI is InChI=1S/C25H23N3O5/c1-2-3-14-18-22(30)26-25(33)27(23(18)31)15-19-21(29)20(16-10-6-4-7-11-16)28(24(19)32)17-12-8-5-9-13-17/h4-13,15,20,31H,2-3,14H2,1H3,(H,26,30,33). The van der Waals surface area contributed by atoms with Gasteiger partial charge < -0.3 is 5.11 Å². The molecule has 0 spiro atoms. The predicted octanol–water partition coefficient (Wildman–Crippen LogP) is 2.78. The van der Waals surface area contributed by atoms with Crippen LogP contribution in [0.3, 0.4) is 0 Å². The summed E-state index contributed by atoms with van der Waals surface area (Å²) in [6.45, 7) is 1.93. The fourth-order valence-electron chi connectivity index (χ4n) is 3.93. The molecule has 168 valence electrons. The summed E-state index contributed by atoms with van der Waals surface area (Å²) in [5, 5.41) is 10.6. The van der Waals surface area contributed by atoms with Crippen molar-refractivity contribution in [1.29, 1.82) is 0 Å². The normalized spacial score (nSPS) is 17.2. The van der Waals surface area contributed by atoms with Crippen molar-refractivity contribution in [2.24, 2.45) is 0 Å². The molecule has 0 aliphatic carbocycles. The largest absolute Gasteiger partial charge is 0.494 e. The molecule has 1 amide bonds. The molecule has 1 unspecified atom stereocenters. The topological polar surface area (TPSA) is 112 Å². The Hall–Kier alpha value is -4.20. The summed E-state index contributed by atoms with van der Waals surface area (Å²) in [5.41, 5.74) is -0.707. The Balaban J connectivity index is 1.87. The van der Waals surface area contributed by atoms with Gasteiger partial charge in [0.2, 0.25) is 5.88 Å². The lowest BCUT2D eigenvalue weighted by atomic mass is 10.0. The number of amides is 1. The van der Waals surface area contributed by atoms with E-state index in [2.05, 4.69) is 4.98 Å². The van der Waals surface area contributed by atoms with E-state index in [0.717, 1.165) is 17.2 Å². The van der Waals surface area contributed by atoms with Crippen LogP contribution in [0.4, 0.5) is 5.69 Å². The lowest BCUT2D eigenvalue weighted by Gasteiger charge is -2.23. The van der Waals surface area contributed by atoms with E-state index in [4.69, 9.17) is 0 Å². The first-order valence-electron chi connectivity index (χ1n) is 10.7. The van der Waals surface area contributed by atoms with E-state index < -0.39 is 34.9 Å². The molecule has 0 saturated carbocycles. The first-order chi connectivity index (χ1) is 15.9. The second-order valence-electron chi connectivity index (χ2n) is 7.77. The van der Waals surface area contributed by atoms with E-state index in [1.54, 1.807) is 54.6 Å². The number of carbonyl (C=O) groups excluding carboxylic acids is 2. The van der Waals surface area contributed by atoms with E-state index in [1.807, 2.05) is 13.0 Å². The molecule has 3 aromatic rings. The molecule has 1 aliphatic rings. The number of benzene rings is 2. The summed E-state index contributed by atoms with van der Waals surface area (Å²) in [6, 6.07) is 16.7. The zero-order valence-electron chi connectivity index (χ0n) is 18.0. The van der Waals surface area contributed by atoms with Crippen molar-refractivity contribution in [3.63, 3.8) is 0 Å². The quantitative estimate of drug-likeness (QED) is 0.448. The summed E-state index contributed by atoms with van der Waals surface area (Å²) in [5.74, 6) is -1.69. The van der Waals surface area contributed by atoms with Crippen molar-refractivity contribution >= 4 is 23.6 Å². The minimum Gasteiger partial charge on any atom is -0.494 e. The molecule has 1 aromatic heterocycles. The molecule has 1 fully saturated rings. The van der Waals surface area contributed by atoms with Gasteiger partial charge in [0.15, 0.2) is 5.78 Å². The maximum Gasteiger partial charge on any atom is 0.335 e. The molecule has 0 bridgehead atoms. The van der Waals surface area contributed by atoms with Crippen LogP contribution in [0.1, 0.15) is 36.9 Å². The zero-order chi connectivity index (χ0) is 23.5. The molecular formula is C25H23N3O5. The second-order valence-corrected chi connectivity index (χ2v) is 7.77. The van der Waals surface area contributed by atoms with Gasteiger partial charge in [-0.1, -0.05) is 61.9 Å². The lowest BCUT2D eigenvalue weighted by Crippen LogP contribution is -2.31. The van der Waals surface area contributed by atoms with Crippen molar-refractivity contribution in [2.45, 2.75) is 32.2 Å². The van der Waals surface area contributed by atoms with Crippen molar-refractivity contribution < 1.29 is 14.7 Å². The Morgan fingerprint density at radius 3 is 2.24 bits per heavy atom. The van der Waals surface area contributed by atoms with Gasteiger partial charge in [0.25, 0.3) is 11.5 Å². The highest BCUT2D eigenvalue weighted by atomic mass is 16.3. The van der Waals surface area contributed by atoms with Gasteiger partial charge in [-0.3, -0.25) is 24.3 Å². The van der Waals surface area contributed by atoms with Gasteiger partial charge in [0, 0.05) is 11.9 Å². The fourth-order valence-corrected chi connectivity index (χ4v) is 3.93. The fraction of sp³-hybridized carbons (Fsp3) is 0.200. The van der Waals surface area contributed by atoms with Crippen molar-refractivity contribution in [3.05, 3.63) is 98.2 Å². The average molecular weight is 445 g/mol. The molecule has 1 saturated heterocycles. The Morgan fingerprint density at radius 1 is 0.970 bits per heavy atom. The van der Waals surface area contributed by atoms with Crippen LogP contribution in [0.2, 0.25) is 0 Å². The Bertz CT molecular complexity index is 1280. The van der Waals surface area contributed by atoms with E-state index in [9.17, 15) is 24.3 Å². The van der Waals surface area contributed by atoms with Gasteiger partial charge in [-0.25, -0.2) is 9.36 Å². The molecule has 8 heteroatoms. The summed E-state index contributed by atoms with van der Waals surface area (Å²) in [7, 11) is 0. The third-order valence-electron chi connectivity index (χ3n) is 5.62. The molecule has 4 rings (SSSR count). The molecule has 2 N–H and O–H groups in total. The van der Waals surface area contributed by atoms with Crippen LogP contribution in [0.5, 0.6) is 5.88 Å². The van der Waals surface area contributed by atoms with Crippen LogP contribution in [-0.2, 0) is 16.0 Å². The predicted molar refractivity (Wildman–Crippen MR) is 124 cm³/mol. The summed E-state index contributed by atoms with van der Waals surface area (Å²) >= 11 is 0. The van der Waals surface area contributed by atoms with E-state index in [1.165, 1.54) is 4.90 Å². The Morgan fingerprint density at radius 2 is 1.61 bits per heavy atom. The van der Waals surface area contributed by atoms with Gasteiger partial charge in [-0.05, 0) is 30.5 Å². The molecule has 33 heavy (non-hydrogen) atoms. The summed E-state index contributed by atoms with van der Waals surface area (Å²) in [4.78, 5) is 55.0. The van der Waals surface area contributed by atoms with Gasteiger partial charge >= 0.3 is 5.69 Å². The number of hydrogen-bond acceptors (Lipinski definition) is 5. The van der Waals surface area contributed by atoms with E-state index in [0.29, 0.717) is 17.7 Å². The molecule has 2 aromatic carbocycles. The highest BCUT2D eigenvalue weighted by molar-refractivity contribution is 6.35. The first kappa shape index (κ1) is 22.0. The van der Waals surface area contributed by atoms with Crippen molar-refractivity contribution in [2.75, 3.05) is 4.90 Å². The number of para-hydroxylation sites is 1. The van der Waals surface area contributed by atoms with Crippen LogP contribution in [0.15, 0.2) is 75.8 Å². The number of ketones is 1. The number of aromatic nitrogens is 2. The Labute approximate surface area is 189 Å². The van der Waals surface area contributed by atoms with Crippen LogP contribution in [-0.4, -0.2) is 26.3 Å². The van der Waals surface area contributed by atoms with Crippen LogP contribution in [0.25, 0.3) is 6.20 Å². The number of aromatic hydroxyl groups is 1. The van der Waals surface area contributed by atoms with Gasteiger partial charge in [-0.2, -0.15) is 0 Å². The molecule has 1 atom stereocenters. The average Bonchev–Trinajstić information content (AvgIpc) is 3.07. The maximum atomic E-state index is 13.5. The van der Waals surface area contributed by atoms with Crippen LogP contribution in [0, 0.1) is 0 Å². The second kappa shape index (κ2) is 9.12. The smallest absolute Gasteiger partial charge is 0.335 e. The van der Waals surface area contributed by atoms with Gasteiger partial charge in [0.1, 0.15) is 11.6 Å². The number of aromatic amines is 1. The molecule has 1 aliphatic heterocycles. The number of rotatable bonds is 6. The van der Waals surface area contributed by atoms with E-state index in [-0.39, 0.29) is 17.6 Å². The number of nitrogens with zero attached hydrogens (tertiary/aromatic N) is 2. The number of anilines is 1. The van der Waals surface area contributed by atoms with Crippen LogP contribution >= 0.6 is 0 Å². The summed E-state index contributed by atoms with van der Waals surface area (Å²) in [6.07, 6.45) is 2.68. The molecule has 2 heterocycles. The van der Waals surface area contributed by atoms with Crippen LogP contribution < -0.4 is 16.1 Å². The molecular weight excluding hydrogens is 422 g/mol.